The van der Waals surface area contributed by atoms with Crippen LogP contribution in [0.25, 0.3) is 132 Å². The number of nitrogens with one attached hydrogen (secondary N) is 1. The number of para-hydroxylation sites is 8. The molecule has 15 heteroatoms. The van der Waals surface area contributed by atoms with Crippen LogP contribution in [0.5, 0.6) is 17.2 Å². The summed E-state index contributed by atoms with van der Waals surface area (Å²) in [4.78, 5) is 17.7. The van der Waals surface area contributed by atoms with E-state index in [1.807, 2.05) is 134 Å². The van der Waals surface area contributed by atoms with Crippen LogP contribution < -0.4 is 21.2 Å². The average molecular weight is 1920 g/mol. The normalized spacial score (nSPS) is 10.7. The summed E-state index contributed by atoms with van der Waals surface area (Å²) in [5, 5.41) is 14.8. The van der Waals surface area contributed by atoms with E-state index in [1.54, 1.807) is 12.4 Å². The zero-order valence-electron chi connectivity index (χ0n) is 72.6. The number of aryl methyl sites for hydroxylation is 1. The Kier molecular flexibility index (Phi) is 28.2. The van der Waals surface area contributed by atoms with Crippen LogP contribution in [0.1, 0.15) is 5.69 Å². The number of pyridine rings is 3. The second kappa shape index (κ2) is 42.6. The van der Waals surface area contributed by atoms with Crippen molar-refractivity contribution in [1.82, 2.24) is 24.1 Å². The van der Waals surface area contributed by atoms with E-state index in [1.165, 1.54) is 115 Å². The number of nitrogens with zero attached hydrogens (tertiary/aromatic N) is 7. The largest absolute Gasteiger partial charge is 0.881 e. The van der Waals surface area contributed by atoms with Crippen molar-refractivity contribution < 1.29 is 32.9 Å². The van der Waals surface area contributed by atoms with Crippen LogP contribution in [0, 0.1) is 18.1 Å². The first-order valence-electron chi connectivity index (χ1n) is 43.3. The van der Waals surface area contributed by atoms with Crippen molar-refractivity contribution in [3.63, 3.8) is 0 Å². The molecule has 0 unspecified atom stereocenters. The molecule has 18 aromatic carbocycles. The van der Waals surface area contributed by atoms with Crippen LogP contribution in [0.3, 0.4) is 0 Å². The number of hydrogen-bond acceptors (Lipinski definition) is 9. The van der Waals surface area contributed by atoms with Crippen LogP contribution in [-0.2, 0) is 20.1 Å². The van der Waals surface area contributed by atoms with Gasteiger partial charge in [0, 0.05) is 115 Å². The van der Waals surface area contributed by atoms with Gasteiger partial charge in [-0.25, -0.2) is 4.98 Å². The van der Waals surface area contributed by atoms with Crippen LogP contribution in [0.4, 0.5) is 34.1 Å². The van der Waals surface area contributed by atoms with E-state index < -0.39 is 15.9 Å². The Hall–Kier alpha value is -15.1. The smallest absolute Gasteiger partial charge is 0.649 e. The van der Waals surface area contributed by atoms with E-state index in [0.717, 1.165) is 90.1 Å². The molecule has 629 valence electrons. The summed E-state index contributed by atoms with van der Waals surface area (Å²) in [5.74, 6) is 2.41. The monoisotopic (exact) mass is 1920 g/mol. The van der Waals surface area contributed by atoms with Crippen molar-refractivity contribution in [2.45, 2.75) is 6.92 Å². The van der Waals surface area contributed by atoms with Crippen LogP contribution in [-0.4, -0.2) is 56.6 Å². The first-order valence-corrected chi connectivity index (χ1v) is 44.8. The van der Waals surface area contributed by atoms with E-state index in [0.29, 0.717) is 0 Å². The predicted octanol–water partition coefficient (Wildman–Crippen LogP) is 30.5. The summed E-state index contributed by atoms with van der Waals surface area (Å²) in [6, 6.07) is 168. The molecule has 23 aromatic rings. The molecule has 5 heterocycles. The maximum Gasteiger partial charge on any atom is 0.881 e. The Morgan fingerprint density at radius 2 is 0.733 bits per heavy atom. The van der Waals surface area contributed by atoms with Gasteiger partial charge < -0.3 is 35.3 Å². The minimum Gasteiger partial charge on any atom is -0.649 e. The summed E-state index contributed by atoms with van der Waals surface area (Å²) in [5.41, 5.74) is 23.6. The molecule has 131 heavy (non-hydrogen) atoms. The van der Waals surface area contributed by atoms with Crippen molar-refractivity contribution in [3.8, 4) is 62.1 Å². The number of hydrogen-bond donors (Lipinski definition) is 1. The van der Waals surface area contributed by atoms with Gasteiger partial charge in [-0.1, -0.05) is 303 Å². The molecule has 0 aliphatic heterocycles. The molecule has 5 aromatic heterocycles. The summed E-state index contributed by atoms with van der Waals surface area (Å²) in [6.45, 7) is 1.98. The molecule has 0 aliphatic carbocycles. The maximum atomic E-state index is 5.89. The molecule has 3 radical (unpaired) electrons. The van der Waals surface area contributed by atoms with E-state index in [2.05, 4.69) is 400 Å². The minimum absolute atomic E-state index is 0. The summed E-state index contributed by atoms with van der Waals surface area (Å²) in [7, 11) is 2.48. The molecule has 0 saturated carbocycles. The fourth-order valence-corrected chi connectivity index (χ4v) is 17.5. The van der Waals surface area contributed by atoms with Gasteiger partial charge in [-0.15, -0.1) is 35.9 Å². The molecule has 23 rings (SSSR count). The van der Waals surface area contributed by atoms with E-state index in [9.17, 15) is 0 Å². The van der Waals surface area contributed by atoms with Crippen molar-refractivity contribution in [3.05, 3.63) is 497 Å². The standard InChI is InChI=1S/C44H32N2.C30H20N2.C12H10O.C11H8N.C10H9NO.C9H7NO.2Al.Ir.H2NP.H/c1-3-17-37(18-4-1)45(43-23-11-15-35-13-7-9-21-41(35)43)39-29-25-33(26-30-39)34-27-31-40(32-28-34)46(38-19-5-2-6-20-38)44-24-12-16-36-14-8-10-22-42(36)44;1-5-16-27-23(12-1)24-13-2-6-17-28(24)31(27)21-10-9-11-22(20-21)32-29-18-7-3-14-25(29)26-15-4-8-19-30(26)32;13-12-8-6-11(7-9-12)10-4-2-1-3-5-10;1-2-6-10(7-3-1)11-8-4-5-9-12-11;1-7-5-6-8-3-2-4-9(12)10(8)11-7;11-8-5-1-3-7-4-2-6-10-9(7)8;;;;1-2;/h1-32H;1-20H;1-9,13H;1-6,8-9H;2-6,12H,1H3;1-6,11H;;;;1-2H;/q;;;-1;;;+1;+2;;;/p-3/i/hD. The summed E-state index contributed by atoms with van der Waals surface area (Å²) < 4.78 is 27.4. The number of fused-ring (bicyclic) bond motifs is 10. The van der Waals surface area contributed by atoms with E-state index >= 15 is 0 Å². The van der Waals surface area contributed by atoms with Gasteiger partial charge in [0.1, 0.15) is 22.5 Å². The third-order valence-electron chi connectivity index (χ3n) is 22.7. The summed E-state index contributed by atoms with van der Waals surface area (Å²) >= 11 is 0.801. The van der Waals surface area contributed by atoms with Gasteiger partial charge in [0.05, 0.1) is 39.2 Å². The van der Waals surface area contributed by atoms with Gasteiger partial charge in [-0.3, -0.25) is 10.1 Å². The molecule has 0 bridgehead atoms. The molecule has 0 aliphatic rings. The fraction of sp³-hybridized carbons (Fsp3) is 0.00862. The fourth-order valence-electron chi connectivity index (χ4n) is 16.7. The number of aromatic nitrogens is 5. The number of anilines is 6. The topological polar surface area (TPSA) is 107 Å². The van der Waals surface area contributed by atoms with Gasteiger partial charge in [0.25, 0.3) is 0 Å². The molecule has 0 fully saturated rings. The van der Waals surface area contributed by atoms with Crippen molar-refractivity contribution in [2.24, 2.45) is 0 Å². The molecular formula is C116H86Al2IrN8O3P-. The third-order valence-corrected chi connectivity index (χ3v) is 23.7. The Labute approximate surface area is 794 Å². The van der Waals surface area contributed by atoms with Crippen LogP contribution in [0.2, 0.25) is 1.41 Å². The van der Waals surface area contributed by atoms with E-state index in [-0.39, 0.29) is 20.1 Å². The van der Waals surface area contributed by atoms with Gasteiger partial charge >= 0.3 is 32.5 Å². The Morgan fingerprint density at radius 1 is 0.344 bits per heavy atom. The van der Waals surface area contributed by atoms with Crippen molar-refractivity contribution in [2.75, 3.05) is 9.80 Å². The molecule has 11 nitrogen and oxygen atoms in total. The minimum atomic E-state index is -0.665. The first-order chi connectivity index (χ1) is 64.8. The Balaban J connectivity index is 0.000000124. The quantitative estimate of drug-likeness (QED) is 0.0579. The molecule has 1 N–H and O–H groups in total. The zero-order chi connectivity index (χ0) is 88.9. The number of rotatable bonds is 16. The van der Waals surface area contributed by atoms with E-state index in [4.69, 9.17) is 12.8 Å². The first kappa shape index (κ1) is 86.6. The van der Waals surface area contributed by atoms with Gasteiger partial charge in [0.2, 0.25) is 0 Å². The SMILES string of the molecule is Cc1ccc2cccc([O][Al][O]c3ccc(-c4ccccc4)cc3)c2n1.[2H]N=P.[AlH][O]c1cccc2cccnc12.[Ir].[c-]1ccccc1-c1ccccn1.c1cc(-n2c3ccccc3c3ccccc32)cc(-n2c3ccccc3c3ccccc32)c1.c1ccc(N(c2ccc(-c3ccc(N(c4ccccc4)c4cccc5ccccc45)cc3)cc2)c2cccc3ccccc23)cc1. The van der Waals surface area contributed by atoms with Gasteiger partial charge in [-0.2, -0.15) is 0 Å². The van der Waals surface area contributed by atoms with Crippen molar-refractivity contribution >= 4 is 163 Å². The Bertz CT molecular complexity index is 7360. The zero-order valence-corrected chi connectivity index (χ0v) is 77.6. The average Bonchev–Trinajstić information content (AvgIpc) is 1.56. The second-order valence-electron chi connectivity index (χ2n) is 30.7. The Morgan fingerprint density at radius 3 is 1.22 bits per heavy atom. The molecule has 0 atom stereocenters. The maximum absolute atomic E-state index is 5.89. The third kappa shape index (κ3) is 19.9. The molecular weight excluding hydrogens is 1830 g/mol. The molecule has 0 saturated heterocycles. The predicted molar refractivity (Wildman–Crippen MR) is 546 cm³/mol. The molecule has 0 amide bonds. The second-order valence-corrected chi connectivity index (χ2v) is 31.6. The van der Waals surface area contributed by atoms with Crippen LogP contribution in [0.15, 0.2) is 486 Å². The van der Waals surface area contributed by atoms with Gasteiger partial charge in [-0.05, 0) is 200 Å². The number of benzene rings is 18. The van der Waals surface area contributed by atoms with Crippen molar-refractivity contribution in [1.29, 1.82) is 5.15 Å². The summed E-state index contributed by atoms with van der Waals surface area (Å²) in [6.07, 6.45) is 3.56. The molecule has 0 spiro atoms. The van der Waals surface area contributed by atoms with Crippen LogP contribution >= 0.6 is 9.03 Å². The van der Waals surface area contributed by atoms with Gasteiger partial charge in [0.15, 0.2) is 1.41 Å².